The Bertz CT molecular complexity index is 1090. The average Bonchev–Trinajstić information content (AvgIpc) is 3.35. The Kier molecular flexibility index (Phi) is 4.24. The Morgan fingerprint density at radius 1 is 1.00 bits per heavy atom. The molecule has 28 heavy (non-hydrogen) atoms. The second-order valence-corrected chi connectivity index (χ2v) is 7.69. The van der Waals surface area contributed by atoms with Crippen LogP contribution in [0.15, 0.2) is 62.7 Å². The molecule has 3 aromatic rings. The fourth-order valence-corrected chi connectivity index (χ4v) is 4.45. The molecule has 7 heteroatoms. The lowest BCUT2D eigenvalue weighted by Gasteiger charge is -2.33. The van der Waals surface area contributed by atoms with Crippen LogP contribution in [-0.2, 0) is 19.6 Å². The van der Waals surface area contributed by atoms with Crippen LogP contribution in [0.1, 0.15) is 29.5 Å². The highest BCUT2D eigenvalue weighted by molar-refractivity contribution is 5.16. The fourth-order valence-electron chi connectivity index (χ4n) is 4.45. The van der Waals surface area contributed by atoms with Crippen molar-refractivity contribution in [3.05, 3.63) is 86.6 Å². The monoisotopic (exact) mass is 378 g/mol. The maximum atomic E-state index is 12.7. The SMILES string of the molecule is O=c1c(=O)n2c(nn1Cc1ccccc1)C1CN(Cc3ccco3)CCC1C2. The lowest BCUT2D eigenvalue weighted by Crippen LogP contribution is -2.43. The van der Waals surface area contributed by atoms with E-state index in [1.165, 1.54) is 4.68 Å². The first-order valence-corrected chi connectivity index (χ1v) is 9.69. The van der Waals surface area contributed by atoms with E-state index in [1.54, 1.807) is 10.8 Å². The Balaban J connectivity index is 1.45. The van der Waals surface area contributed by atoms with Crippen molar-refractivity contribution in [2.45, 2.75) is 32.0 Å². The van der Waals surface area contributed by atoms with Gasteiger partial charge in [0.15, 0.2) is 0 Å². The van der Waals surface area contributed by atoms with E-state index in [2.05, 4.69) is 10.00 Å². The lowest BCUT2D eigenvalue weighted by molar-refractivity contribution is 0.148. The Morgan fingerprint density at radius 2 is 1.86 bits per heavy atom. The third-order valence-electron chi connectivity index (χ3n) is 5.89. The van der Waals surface area contributed by atoms with Crippen molar-refractivity contribution in [2.75, 3.05) is 13.1 Å². The van der Waals surface area contributed by atoms with Gasteiger partial charge in [-0.1, -0.05) is 30.3 Å². The van der Waals surface area contributed by atoms with Gasteiger partial charge in [-0.25, -0.2) is 4.68 Å². The maximum absolute atomic E-state index is 12.7. The molecule has 1 aromatic carbocycles. The molecule has 0 bridgehead atoms. The molecule has 0 spiro atoms. The van der Waals surface area contributed by atoms with Gasteiger partial charge in [0.2, 0.25) is 0 Å². The van der Waals surface area contributed by atoms with Gasteiger partial charge >= 0.3 is 11.1 Å². The summed E-state index contributed by atoms with van der Waals surface area (Å²) in [6.45, 7) is 3.45. The molecule has 1 fully saturated rings. The molecule has 1 saturated heterocycles. The van der Waals surface area contributed by atoms with Crippen molar-refractivity contribution in [1.29, 1.82) is 0 Å². The predicted octanol–water partition coefficient (Wildman–Crippen LogP) is 1.67. The van der Waals surface area contributed by atoms with Crippen molar-refractivity contribution in [2.24, 2.45) is 5.92 Å². The van der Waals surface area contributed by atoms with E-state index in [9.17, 15) is 9.59 Å². The topological polar surface area (TPSA) is 73.3 Å². The van der Waals surface area contributed by atoms with Crippen LogP contribution < -0.4 is 11.1 Å². The molecule has 5 rings (SSSR count). The number of furan rings is 1. The molecule has 2 unspecified atom stereocenters. The summed E-state index contributed by atoms with van der Waals surface area (Å²) in [6, 6.07) is 13.5. The summed E-state index contributed by atoms with van der Waals surface area (Å²) >= 11 is 0. The van der Waals surface area contributed by atoms with Crippen LogP contribution in [0.25, 0.3) is 0 Å². The number of nitrogens with zero attached hydrogens (tertiary/aromatic N) is 4. The van der Waals surface area contributed by atoms with Crippen molar-refractivity contribution < 1.29 is 4.42 Å². The van der Waals surface area contributed by atoms with Gasteiger partial charge < -0.3 is 4.42 Å². The summed E-state index contributed by atoms with van der Waals surface area (Å²) in [5, 5.41) is 4.64. The maximum Gasteiger partial charge on any atom is 0.332 e. The highest BCUT2D eigenvalue weighted by atomic mass is 16.3. The Morgan fingerprint density at radius 3 is 2.64 bits per heavy atom. The van der Waals surface area contributed by atoms with E-state index in [-0.39, 0.29) is 5.92 Å². The lowest BCUT2D eigenvalue weighted by atomic mass is 9.87. The summed E-state index contributed by atoms with van der Waals surface area (Å²) in [6.07, 6.45) is 2.68. The molecule has 2 aromatic heterocycles. The van der Waals surface area contributed by atoms with Crippen molar-refractivity contribution >= 4 is 0 Å². The second kappa shape index (κ2) is 6.91. The summed E-state index contributed by atoms with van der Waals surface area (Å²) in [5.74, 6) is 2.21. The normalized spacial score (nSPS) is 21.4. The molecule has 0 N–H and O–H groups in total. The minimum absolute atomic E-state index is 0.166. The van der Waals surface area contributed by atoms with Crippen molar-refractivity contribution in [1.82, 2.24) is 19.2 Å². The average molecular weight is 378 g/mol. The van der Waals surface area contributed by atoms with E-state index in [0.717, 1.165) is 43.2 Å². The highest BCUT2D eigenvalue weighted by Crippen LogP contribution is 2.37. The highest BCUT2D eigenvalue weighted by Gasteiger charge is 2.40. The molecule has 0 aliphatic carbocycles. The molecule has 0 saturated carbocycles. The molecule has 2 aliphatic heterocycles. The van der Waals surface area contributed by atoms with Crippen LogP contribution in [0.4, 0.5) is 0 Å². The minimum Gasteiger partial charge on any atom is -0.468 e. The molecule has 2 atom stereocenters. The first-order valence-electron chi connectivity index (χ1n) is 9.69. The van der Waals surface area contributed by atoms with Gasteiger partial charge in [-0.3, -0.25) is 19.1 Å². The zero-order valence-corrected chi connectivity index (χ0v) is 15.5. The van der Waals surface area contributed by atoms with Crippen molar-refractivity contribution in [3.8, 4) is 0 Å². The van der Waals surface area contributed by atoms with Crippen LogP contribution >= 0.6 is 0 Å². The van der Waals surface area contributed by atoms with Gasteiger partial charge in [0, 0.05) is 19.0 Å². The standard InChI is InChI=1S/C21H22N4O3/c26-20-21(27)25(11-15-5-2-1-3-6-15)22-19-18-14-23(13-17-7-4-10-28-17)9-8-16(18)12-24(19)20/h1-7,10,16,18H,8-9,11-14H2. The van der Waals surface area contributed by atoms with Crippen LogP contribution in [-0.4, -0.2) is 32.3 Å². The summed E-state index contributed by atoms with van der Waals surface area (Å²) in [4.78, 5) is 27.6. The fraction of sp³-hybridized carbons (Fsp3) is 0.381. The molecule has 144 valence electrons. The summed E-state index contributed by atoms with van der Waals surface area (Å²) in [5.41, 5.74) is -0.0364. The Hall–Kier alpha value is -2.93. The van der Waals surface area contributed by atoms with Crippen LogP contribution in [0.2, 0.25) is 0 Å². The molecular formula is C21H22N4O3. The largest absolute Gasteiger partial charge is 0.468 e. The molecule has 0 amide bonds. The van der Waals surface area contributed by atoms with E-state index in [4.69, 9.17) is 4.42 Å². The summed E-state index contributed by atoms with van der Waals surface area (Å²) in [7, 11) is 0. The first kappa shape index (κ1) is 17.2. The number of likely N-dealkylation sites (tertiary alicyclic amines) is 1. The second-order valence-electron chi connectivity index (χ2n) is 7.69. The number of rotatable bonds is 4. The molecule has 2 aliphatic rings. The number of aromatic nitrogens is 3. The predicted molar refractivity (Wildman–Crippen MR) is 103 cm³/mol. The number of piperidine rings is 1. The minimum atomic E-state index is -0.543. The summed E-state index contributed by atoms with van der Waals surface area (Å²) < 4.78 is 8.42. The van der Waals surface area contributed by atoms with Gasteiger partial charge in [-0.05, 0) is 36.6 Å². The number of benzene rings is 1. The first-order chi connectivity index (χ1) is 13.7. The quantitative estimate of drug-likeness (QED) is 0.646. The molecule has 7 nitrogen and oxygen atoms in total. The number of fused-ring (bicyclic) bond motifs is 3. The molecular weight excluding hydrogens is 356 g/mol. The van der Waals surface area contributed by atoms with E-state index in [0.29, 0.717) is 19.0 Å². The van der Waals surface area contributed by atoms with Gasteiger partial charge in [0.05, 0.1) is 19.4 Å². The zero-order valence-electron chi connectivity index (χ0n) is 15.5. The van der Waals surface area contributed by atoms with Crippen LogP contribution in [0.3, 0.4) is 0 Å². The third-order valence-corrected chi connectivity index (χ3v) is 5.89. The van der Waals surface area contributed by atoms with Gasteiger partial charge in [0.25, 0.3) is 0 Å². The Labute approximate surface area is 161 Å². The van der Waals surface area contributed by atoms with Gasteiger partial charge in [0.1, 0.15) is 11.6 Å². The number of hydrogen-bond acceptors (Lipinski definition) is 5. The smallest absolute Gasteiger partial charge is 0.332 e. The van der Waals surface area contributed by atoms with Crippen molar-refractivity contribution in [3.63, 3.8) is 0 Å². The van der Waals surface area contributed by atoms with E-state index in [1.807, 2.05) is 42.5 Å². The van der Waals surface area contributed by atoms with Crippen LogP contribution in [0, 0.1) is 5.92 Å². The molecule has 4 heterocycles. The van der Waals surface area contributed by atoms with Gasteiger partial charge in [-0.15, -0.1) is 0 Å². The van der Waals surface area contributed by atoms with Gasteiger partial charge in [-0.2, -0.15) is 5.10 Å². The van der Waals surface area contributed by atoms with E-state index >= 15 is 0 Å². The zero-order chi connectivity index (χ0) is 19.1. The third kappa shape index (κ3) is 3.01. The van der Waals surface area contributed by atoms with E-state index < -0.39 is 11.1 Å². The number of hydrogen-bond donors (Lipinski definition) is 0. The van der Waals surface area contributed by atoms with Crippen LogP contribution in [0.5, 0.6) is 0 Å². The molecule has 0 radical (unpaired) electrons.